The number of nitrogens with one attached hydrogen (secondary N) is 1. The third kappa shape index (κ3) is 7.34. The van der Waals surface area contributed by atoms with Gasteiger partial charge in [0, 0.05) is 6.54 Å². The predicted molar refractivity (Wildman–Crippen MR) is 62.6 cm³/mol. The number of hydrogen-bond acceptors (Lipinski definition) is 2. The molecule has 1 N–H and O–H groups in total. The molecule has 86 valence electrons. The van der Waals surface area contributed by atoms with Crippen LogP contribution in [0.2, 0.25) is 0 Å². The summed E-state index contributed by atoms with van der Waals surface area (Å²) in [5.41, 5.74) is 0. The molecule has 14 heavy (non-hydrogen) atoms. The minimum atomic E-state index is 0.311. The third-order valence-corrected chi connectivity index (χ3v) is 2.37. The molecule has 0 aliphatic rings. The normalized spacial score (nSPS) is 16.3. The molecule has 0 fully saturated rings. The predicted octanol–water partition coefficient (Wildman–Crippen LogP) is 2.68. The summed E-state index contributed by atoms with van der Waals surface area (Å²) in [7, 11) is 0. The van der Waals surface area contributed by atoms with E-state index in [9.17, 15) is 0 Å². The second kappa shape index (κ2) is 7.24. The molecule has 0 bridgehead atoms. The Bertz CT molecular complexity index is 134. The lowest BCUT2D eigenvalue weighted by Crippen LogP contribution is -2.32. The van der Waals surface area contributed by atoms with Crippen molar-refractivity contribution < 1.29 is 4.74 Å². The average Bonchev–Trinajstić information content (AvgIpc) is 2.02. The summed E-state index contributed by atoms with van der Waals surface area (Å²) in [6, 6.07) is 0. The van der Waals surface area contributed by atoms with Gasteiger partial charge in [0.1, 0.15) is 0 Å². The van der Waals surface area contributed by atoms with E-state index >= 15 is 0 Å². The smallest absolute Gasteiger partial charge is 0.0675 e. The zero-order chi connectivity index (χ0) is 11.1. The van der Waals surface area contributed by atoms with Crippen LogP contribution in [0.25, 0.3) is 0 Å². The molecule has 0 spiro atoms. The van der Waals surface area contributed by atoms with Crippen molar-refractivity contribution in [1.82, 2.24) is 5.32 Å². The molecule has 0 aliphatic carbocycles. The van der Waals surface area contributed by atoms with Crippen LogP contribution in [0.3, 0.4) is 0 Å². The highest BCUT2D eigenvalue weighted by atomic mass is 16.5. The summed E-state index contributed by atoms with van der Waals surface area (Å²) in [6.45, 7) is 15.1. The van der Waals surface area contributed by atoms with E-state index in [0.717, 1.165) is 13.1 Å². The first-order valence-corrected chi connectivity index (χ1v) is 5.79. The number of ether oxygens (including phenoxy) is 1. The number of rotatable bonds is 7. The molecular weight excluding hydrogens is 174 g/mol. The van der Waals surface area contributed by atoms with E-state index < -0.39 is 0 Å². The van der Waals surface area contributed by atoms with Crippen LogP contribution in [-0.2, 0) is 4.74 Å². The number of hydrogen-bond donors (Lipinski definition) is 1. The van der Waals surface area contributed by atoms with Crippen molar-refractivity contribution in [3.8, 4) is 0 Å². The van der Waals surface area contributed by atoms with Gasteiger partial charge in [-0.3, -0.25) is 0 Å². The highest BCUT2D eigenvalue weighted by Crippen LogP contribution is 2.07. The largest absolute Gasteiger partial charge is 0.374 e. The van der Waals surface area contributed by atoms with Crippen molar-refractivity contribution in [2.75, 3.05) is 13.1 Å². The van der Waals surface area contributed by atoms with E-state index in [1.807, 2.05) is 0 Å². The highest BCUT2D eigenvalue weighted by Gasteiger charge is 2.11. The van der Waals surface area contributed by atoms with Crippen LogP contribution < -0.4 is 5.32 Å². The van der Waals surface area contributed by atoms with Gasteiger partial charge in [-0.25, -0.2) is 0 Å². The van der Waals surface area contributed by atoms with Crippen LogP contribution in [0.1, 0.15) is 41.5 Å². The molecule has 0 heterocycles. The Labute approximate surface area is 89.4 Å². The zero-order valence-electron chi connectivity index (χ0n) is 10.6. The Hall–Kier alpha value is -0.0800. The monoisotopic (exact) mass is 201 g/mol. The van der Waals surface area contributed by atoms with Crippen molar-refractivity contribution in [1.29, 1.82) is 0 Å². The minimum absolute atomic E-state index is 0.311. The standard InChI is InChI=1S/C12H27NO/c1-9(2)7-13-8-11(5)14-12(6)10(3)4/h9-13H,7-8H2,1-6H3. The zero-order valence-corrected chi connectivity index (χ0v) is 10.6. The van der Waals surface area contributed by atoms with Crippen LogP contribution in [0.5, 0.6) is 0 Å². The molecule has 0 aromatic carbocycles. The van der Waals surface area contributed by atoms with E-state index in [1.165, 1.54) is 0 Å². The Kier molecular flexibility index (Phi) is 7.20. The topological polar surface area (TPSA) is 21.3 Å². The van der Waals surface area contributed by atoms with E-state index in [2.05, 4.69) is 46.9 Å². The molecular formula is C12H27NO. The highest BCUT2D eigenvalue weighted by molar-refractivity contribution is 4.62. The van der Waals surface area contributed by atoms with Crippen molar-refractivity contribution in [2.45, 2.75) is 53.8 Å². The third-order valence-electron chi connectivity index (χ3n) is 2.37. The second-order valence-corrected chi connectivity index (χ2v) is 4.95. The van der Waals surface area contributed by atoms with E-state index in [-0.39, 0.29) is 0 Å². The lowest BCUT2D eigenvalue weighted by molar-refractivity contribution is -0.0150. The van der Waals surface area contributed by atoms with E-state index in [4.69, 9.17) is 4.74 Å². The summed E-state index contributed by atoms with van der Waals surface area (Å²) in [5, 5.41) is 3.40. The summed E-state index contributed by atoms with van der Waals surface area (Å²) in [6.07, 6.45) is 0.664. The molecule has 0 rings (SSSR count). The van der Waals surface area contributed by atoms with Gasteiger partial charge < -0.3 is 10.1 Å². The van der Waals surface area contributed by atoms with Gasteiger partial charge in [0.2, 0.25) is 0 Å². The molecule has 2 unspecified atom stereocenters. The van der Waals surface area contributed by atoms with Crippen LogP contribution in [0.4, 0.5) is 0 Å². The summed E-state index contributed by atoms with van der Waals surface area (Å²) in [4.78, 5) is 0. The lowest BCUT2D eigenvalue weighted by atomic mass is 10.1. The summed E-state index contributed by atoms with van der Waals surface area (Å²) < 4.78 is 5.83. The van der Waals surface area contributed by atoms with Gasteiger partial charge in [-0.05, 0) is 32.2 Å². The molecule has 2 nitrogen and oxygen atoms in total. The van der Waals surface area contributed by atoms with Crippen molar-refractivity contribution >= 4 is 0 Å². The van der Waals surface area contributed by atoms with Gasteiger partial charge in [-0.1, -0.05) is 27.7 Å². The lowest BCUT2D eigenvalue weighted by Gasteiger charge is -2.22. The molecule has 0 aromatic rings. The summed E-state index contributed by atoms with van der Waals surface area (Å²) in [5.74, 6) is 1.31. The molecule has 0 radical (unpaired) electrons. The van der Waals surface area contributed by atoms with E-state index in [1.54, 1.807) is 0 Å². The molecule has 0 aromatic heterocycles. The first kappa shape index (κ1) is 13.9. The van der Waals surface area contributed by atoms with Crippen molar-refractivity contribution in [2.24, 2.45) is 11.8 Å². The van der Waals surface area contributed by atoms with Gasteiger partial charge in [0.15, 0.2) is 0 Å². The molecule has 2 heteroatoms. The van der Waals surface area contributed by atoms with Gasteiger partial charge in [-0.2, -0.15) is 0 Å². The van der Waals surface area contributed by atoms with Crippen molar-refractivity contribution in [3.05, 3.63) is 0 Å². The van der Waals surface area contributed by atoms with Crippen LogP contribution in [0, 0.1) is 11.8 Å². The van der Waals surface area contributed by atoms with Crippen LogP contribution in [0.15, 0.2) is 0 Å². The maximum Gasteiger partial charge on any atom is 0.0675 e. The Morgan fingerprint density at radius 3 is 1.93 bits per heavy atom. The molecule has 0 aliphatic heterocycles. The fraction of sp³-hybridized carbons (Fsp3) is 1.00. The van der Waals surface area contributed by atoms with Crippen LogP contribution >= 0.6 is 0 Å². The quantitative estimate of drug-likeness (QED) is 0.684. The van der Waals surface area contributed by atoms with Gasteiger partial charge in [0.25, 0.3) is 0 Å². The fourth-order valence-electron chi connectivity index (χ4n) is 1.15. The van der Waals surface area contributed by atoms with Gasteiger partial charge in [0.05, 0.1) is 12.2 Å². The van der Waals surface area contributed by atoms with Crippen LogP contribution in [-0.4, -0.2) is 25.3 Å². The molecule has 0 amide bonds. The molecule has 0 saturated heterocycles. The maximum atomic E-state index is 5.83. The van der Waals surface area contributed by atoms with E-state index in [0.29, 0.717) is 24.0 Å². The Morgan fingerprint density at radius 2 is 1.50 bits per heavy atom. The molecule has 2 atom stereocenters. The van der Waals surface area contributed by atoms with Gasteiger partial charge >= 0.3 is 0 Å². The molecule has 0 saturated carbocycles. The maximum absolute atomic E-state index is 5.83. The minimum Gasteiger partial charge on any atom is -0.374 e. The Balaban J connectivity index is 3.50. The SMILES string of the molecule is CC(C)CNCC(C)OC(C)C(C)C. The first-order valence-electron chi connectivity index (χ1n) is 5.79. The summed E-state index contributed by atoms with van der Waals surface area (Å²) >= 11 is 0. The Morgan fingerprint density at radius 1 is 0.929 bits per heavy atom. The second-order valence-electron chi connectivity index (χ2n) is 4.95. The van der Waals surface area contributed by atoms with Gasteiger partial charge in [-0.15, -0.1) is 0 Å². The van der Waals surface area contributed by atoms with Crippen molar-refractivity contribution in [3.63, 3.8) is 0 Å². The average molecular weight is 201 g/mol. The first-order chi connectivity index (χ1) is 6.43. The fourth-order valence-corrected chi connectivity index (χ4v) is 1.15.